The molecule has 0 aliphatic heterocycles. The van der Waals surface area contributed by atoms with Gasteiger partial charge in [0.2, 0.25) is 0 Å². The highest BCUT2D eigenvalue weighted by molar-refractivity contribution is 5.84. The van der Waals surface area contributed by atoms with Crippen LogP contribution in [0.2, 0.25) is 0 Å². The predicted molar refractivity (Wildman–Crippen MR) is 253 cm³/mol. The Morgan fingerprint density at radius 2 is 0.966 bits per heavy atom. The maximum atomic E-state index is 12.4. The zero-order valence-electron chi connectivity index (χ0n) is 40.5. The number of hydrogen-bond acceptors (Lipinski definition) is 7. The molecule has 0 saturated carbocycles. The van der Waals surface area contributed by atoms with Gasteiger partial charge >= 0.3 is 5.97 Å². The summed E-state index contributed by atoms with van der Waals surface area (Å²) in [6.07, 6.45) is 41.8. The fourth-order valence-electron chi connectivity index (χ4n) is 7.66. The van der Waals surface area contributed by atoms with Crippen LogP contribution < -0.4 is 5.32 Å². The molecule has 8 nitrogen and oxygen atoms in total. The molecule has 0 aliphatic rings. The van der Waals surface area contributed by atoms with E-state index in [-0.39, 0.29) is 13.3 Å². The molecule has 0 fully saturated rings. The van der Waals surface area contributed by atoms with E-state index in [2.05, 4.69) is 31.0 Å². The molecule has 0 saturated heterocycles. The van der Waals surface area contributed by atoms with Crippen LogP contribution in [0.1, 0.15) is 254 Å². The van der Waals surface area contributed by atoms with E-state index in [4.69, 9.17) is 18.9 Å². The number of carbonyl (C=O) groups excluding carboxylic acids is 2. The third-order valence-corrected chi connectivity index (χ3v) is 12.0. The molecule has 0 unspecified atom stereocenters. The Morgan fingerprint density at radius 3 is 1.47 bits per heavy atom. The first-order chi connectivity index (χ1) is 28.8. The van der Waals surface area contributed by atoms with Gasteiger partial charge in [-0.2, -0.15) is 0 Å². The van der Waals surface area contributed by atoms with Crippen molar-refractivity contribution in [3.8, 4) is 0 Å². The molecule has 1 amide bonds. The Kier molecular flexibility index (Phi) is 43.9. The minimum atomic E-state index is -0.799. The van der Waals surface area contributed by atoms with Crippen LogP contribution in [0.5, 0.6) is 0 Å². The summed E-state index contributed by atoms with van der Waals surface area (Å²) >= 11 is 0. The van der Waals surface area contributed by atoms with Crippen molar-refractivity contribution in [2.24, 2.45) is 0 Å². The van der Waals surface area contributed by atoms with E-state index in [0.29, 0.717) is 32.5 Å². The summed E-state index contributed by atoms with van der Waals surface area (Å²) in [4.78, 5) is 27.2. The van der Waals surface area contributed by atoms with Gasteiger partial charge in [-0.25, -0.2) is 0 Å². The molecule has 354 valence electrons. The quantitative estimate of drug-likeness (QED) is 0.0371. The summed E-state index contributed by atoms with van der Waals surface area (Å²) in [5.74, 6) is -0.0789. The highest BCUT2D eigenvalue weighted by Gasteiger charge is 2.26. The Hall–Kier alpha value is -1.22. The Labute approximate surface area is 369 Å². The maximum absolute atomic E-state index is 12.4. The molecular weight excluding hydrogens is 737 g/mol. The van der Waals surface area contributed by atoms with E-state index in [1.807, 2.05) is 13.8 Å². The third kappa shape index (κ3) is 40.6. The fraction of sp³-hybridized carbons (Fsp3) is 0.961. The maximum Gasteiger partial charge on any atom is 0.305 e. The number of carbonyl (C=O) groups is 2. The van der Waals surface area contributed by atoms with Gasteiger partial charge in [0, 0.05) is 28.1 Å². The van der Waals surface area contributed by atoms with Crippen LogP contribution in [0.25, 0.3) is 0 Å². The predicted octanol–water partition coefficient (Wildman–Crippen LogP) is 14.3. The van der Waals surface area contributed by atoms with Crippen LogP contribution in [-0.4, -0.2) is 81.8 Å². The molecule has 8 heteroatoms. The van der Waals surface area contributed by atoms with Gasteiger partial charge in [0.1, 0.15) is 12.4 Å². The van der Waals surface area contributed by atoms with Crippen LogP contribution in [0.3, 0.4) is 0 Å². The minimum absolute atomic E-state index is 0. The van der Waals surface area contributed by atoms with Crippen molar-refractivity contribution in [2.75, 3.05) is 53.3 Å². The van der Waals surface area contributed by atoms with Gasteiger partial charge in [0.15, 0.2) is 0 Å². The van der Waals surface area contributed by atoms with Crippen LogP contribution in [0, 0.1) is 0 Å². The van der Waals surface area contributed by atoms with Gasteiger partial charge in [-0.15, -0.1) is 0 Å². The molecule has 0 radical (unpaired) electrons. The smallest absolute Gasteiger partial charge is 0.305 e. The average Bonchev–Trinajstić information content (AvgIpc) is 3.23. The summed E-state index contributed by atoms with van der Waals surface area (Å²) < 4.78 is 23.0. The molecule has 0 aromatic carbocycles. The van der Waals surface area contributed by atoms with E-state index in [1.54, 1.807) is 7.11 Å². The van der Waals surface area contributed by atoms with Gasteiger partial charge in [0.25, 0.3) is 5.91 Å². The van der Waals surface area contributed by atoms with Crippen molar-refractivity contribution in [3.63, 3.8) is 0 Å². The largest absolute Gasteiger partial charge is 0.466 e. The van der Waals surface area contributed by atoms with Crippen LogP contribution >= 0.6 is 0 Å². The fourth-order valence-corrected chi connectivity index (χ4v) is 7.66. The monoisotopic (exact) mass is 841 g/mol. The van der Waals surface area contributed by atoms with Gasteiger partial charge < -0.3 is 29.2 Å². The van der Waals surface area contributed by atoms with Crippen LogP contribution in [-0.2, 0) is 28.5 Å². The lowest BCUT2D eigenvalue weighted by atomic mass is 10.0. The first-order valence-corrected chi connectivity index (χ1v) is 25.7. The molecular formula is C51H104N2O6. The van der Waals surface area contributed by atoms with E-state index < -0.39 is 5.60 Å². The zero-order valence-corrected chi connectivity index (χ0v) is 40.5. The summed E-state index contributed by atoms with van der Waals surface area (Å²) in [6, 6.07) is 0. The number of unbranched alkanes of at least 4 members (excludes halogenated alkanes) is 25. The van der Waals surface area contributed by atoms with Gasteiger partial charge in [-0.3, -0.25) is 9.59 Å². The number of amides is 1. The summed E-state index contributed by atoms with van der Waals surface area (Å²) in [5, 5.41) is 3.06. The van der Waals surface area contributed by atoms with Gasteiger partial charge in [-0.1, -0.05) is 181 Å². The van der Waals surface area contributed by atoms with Gasteiger partial charge in [-0.05, 0) is 84.8 Å². The molecule has 0 atom stereocenters. The molecule has 0 rings (SSSR count). The van der Waals surface area contributed by atoms with Crippen molar-refractivity contribution in [1.82, 2.24) is 10.2 Å². The number of ether oxygens (including phenoxy) is 4. The highest BCUT2D eigenvalue weighted by atomic mass is 16.7. The highest BCUT2D eigenvalue weighted by Crippen LogP contribution is 2.18. The topological polar surface area (TPSA) is 86.3 Å². The number of methoxy groups -OCH3 is 1. The lowest BCUT2D eigenvalue weighted by Crippen LogP contribution is -2.44. The molecule has 0 heterocycles. The minimum Gasteiger partial charge on any atom is -0.466 e. The first-order valence-electron chi connectivity index (χ1n) is 25.7. The summed E-state index contributed by atoms with van der Waals surface area (Å²) in [7, 11) is 1.58. The number of nitrogens with zero attached hydrogens (tertiary/aromatic N) is 1. The van der Waals surface area contributed by atoms with Crippen molar-refractivity contribution >= 4 is 11.9 Å². The SMILES string of the molecule is CCCCCCCCCOC(=O)CCCCCCCN(CCCCCCCCOCOC(CCCCCCCC)CCCCCCCC)CCCNC(=O)C(C)(C)OC.[HH]. The lowest BCUT2D eigenvalue weighted by molar-refractivity contribution is -0.144. The lowest BCUT2D eigenvalue weighted by Gasteiger charge is -2.24. The van der Waals surface area contributed by atoms with E-state index >= 15 is 0 Å². The van der Waals surface area contributed by atoms with Crippen LogP contribution in [0.15, 0.2) is 0 Å². The van der Waals surface area contributed by atoms with Crippen molar-refractivity contribution in [2.45, 2.75) is 265 Å². The second-order valence-corrected chi connectivity index (χ2v) is 18.1. The normalized spacial score (nSPS) is 11.9. The Balaban J connectivity index is 0. The number of nitrogens with one attached hydrogen (secondary N) is 1. The molecule has 0 aromatic rings. The van der Waals surface area contributed by atoms with Crippen LogP contribution in [0.4, 0.5) is 0 Å². The average molecular weight is 841 g/mol. The van der Waals surface area contributed by atoms with Gasteiger partial charge in [0.05, 0.1) is 12.7 Å². The molecule has 0 spiro atoms. The van der Waals surface area contributed by atoms with E-state index in [0.717, 1.165) is 64.8 Å². The summed E-state index contributed by atoms with van der Waals surface area (Å²) in [6.45, 7) is 16.1. The third-order valence-electron chi connectivity index (χ3n) is 12.0. The van der Waals surface area contributed by atoms with Crippen molar-refractivity contribution in [3.05, 3.63) is 0 Å². The molecule has 0 bridgehead atoms. The number of hydrogen-bond donors (Lipinski definition) is 1. The standard InChI is InChI=1S/C51H102N2O6.H2/c1-7-10-13-16-20-29-36-46-58-49(54)40-32-25-22-27-34-43-53(44-37-41-52-50(55)51(4,5)56-6)42-33-26-19-21-28-35-45-57-47-59-48(38-30-23-17-14-11-8-2)39-31-24-18-15-12-9-3;/h48H,7-47H2,1-6H3,(H,52,55);1H. The summed E-state index contributed by atoms with van der Waals surface area (Å²) in [5.41, 5.74) is -0.799. The molecule has 1 N–H and O–H groups in total. The second-order valence-electron chi connectivity index (χ2n) is 18.1. The molecule has 0 aromatic heterocycles. The first kappa shape index (κ1) is 57.8. The van der Waals surface area contributed by atoms with E-state index in [1.165, 1.54) is 173 Å². The van der Waals surface area contributed by atoms with Crippen molar-refractivity contribution in [1.29, 1.82) is 0 Å². The van der Waals surface area contributed by atoms with Crippen molar-refractivity contribution < 1.29 is 30.0 Å². The Morgan fingerprint density at radius 1 is 0.542 bits per heavy atom. The number of rotatable bonds is 48. The second kappa shape index (κ2) is 44.8. The molecule has 0 aliphatic carbocycles. The van der Waals surface area contributed by atoms with E-state index in [9.17, 15) is 9.59 Å². The zero-order chi connectivity index (χ0) is 43.3. The Bertz CT molecular complexity index is 878. The number of esters is 1. The molecule has 59 heavy (non-hydrogen) atoms.